The number of anilines is 1. The van der Waals surface area contributed by atoms with E-state index in [0.29, 0.717) is 6.04 Å². The minimum Gasteiger partial charge on any atom is -0.367 e. The summed E-state index contributed by atoms with van der Waals surface area (Å²) < 4.78 is 0. The number of nitrogens with one attached hydrogen (secondary N) is 2. The van der Waals surface area contributed by atoms with Gasteiger partial charge < -0.3 is 10.6 Å². The van der Waals surface area contributed by atoms with Gasteiger partial charge in [0.1, 0.15) is 5.82 Å². The summed E-state index contributed by atoms with van der Waals surface area (Å²) in [6.07, 6.45) is 3.58. The lowest BCUT2D eigenvalue weighted by Gasteiger charge is -2.09. The molecule has 1 saturated carbocycles. The molecular weight excluding hydrogens is 198 g/mol. The van der Waals surface area contributed by atoms with Crippen LogP contribution in [0.2, 0.25) is 0 Å². The molecule has 0 bridgehead atoms. The highest BCUT2D eigenvalue weighted by molar-refractivity contribution is 5.41. The summed E-state index contributed by atoms with van der Waals surface area (Å²) >= 11 is 0. The Morgan fingerprint density at radius 1 is 1.31 bits per heavy atom. The molecule has 2 rings (SSSR count). The molecule has 1 heterocycles. The zero-order valence-electron chi connectivity index (χ0n) is 10.2. The van der Waals surface area contributed by atoms with E-state index in [9.17, 15) is 0 Å². The lowest BCUT2D eigenvalue weighted by molar-refractivity contribution is 0.724. The third-order valence-electron chi connectivity index (χ3n) is 2.81. The Balaban J connectivity index is 2.09. The molecule has 0 unspecified atom stereocenters. The maximum Gasteiger partial charge on any atom is 0.126 e. The van der Waals surface area contributed by atoms with E-state index in [0.717, 1.165) is 25.3 Å². The van der Waals surface area contributed by atoms with E-state index >= 15 is 0 Å². The average Bonchev–Trinajstić information content (AvgIpc) is 3.10. The first-order chi connectivity index (χ1) is 7.81. The fourth-order valence-corrected chi connectivity index (χ4v) is 1.71. The number of pyridine rings is 1. The molecular formula is C13H21N3. The first-order valence-electron chi connectivity index (χ1n) is 6.29. The topological polar surface area (TPSA) is 37.0 Å². The molecule has 88 valence electrons. The molecule has 0 amide bonds. The Morgan fingerprint density at radius 3 is 2.75 bits per heavy atom. The maximum atomic E-state index is 4.60. The third kappa shape index (κ3) is 3.20. The molecule has 0 spiro atoms. The summed E-state index contributed by atoms with van der Waals surface area (Å²) in [7, 11) is 0. The smallest absolute Gasteiger partial charge is 0.126 e. The van der Waals surface area contributed by atoms with Crippen LogP contribution in [0.15, 0.2) is 12.1 Å². The molecule has 3 heteroatoms. The van der Waals surface area contributed by atoms with Crippen LogP contribution in [0, 0.1) is 0 Å². The van der Waals surface area contributed by atoms with Crippen LogP contribution in [-0.4, -0.2) is 17.6 Å². The average molecular weight is 219 g/mol. The number of aromatic nitrogens is 1. The zero-order chi connectivity index (χ0) is 11.4. The SMILES string of the molecule is CCNCc1cc(CC)nc(NC2CC2)c1. The van der Waals surface area contributed by atoms with Gasteiger partial charge in [-0.05, 0) is 43.5 Å². The van der Waals surface area contributed by atoms with Crippen LogP contribution >= 0.6 is 0 Å². The third-order valence-corrected chi connectivity index (χ3v) is 2.81. The molecule has 2 N–H and O–H groups in total. The number of hydrogen-bond donors (Lipinski definition) is 2. The van der Waals surface area contributed by atoms with Gasteiger partial charge in [-0.2, -0.15) is 0 Å². The van der Waals surface area contributed by atoms with Gasteiger partial charge in [-0.1, -0.05) is 13.8 Å². The first kappa shape index (κ1) is 11.4. The van der Waals surface area contributed by atoms with Gasteiger partial charge in [-0.25, -0.2) is 4.98 Å². The van der Waals surface area contributed by atoms with Crippen molar-refractivity contribution in [2.24, 2.45) is 0 Å². The van der Waals surface area contributed by atoms with Crippen molar-refractivity contribution in [3.8, 4) is 0 Å². The summed E-state index contributed by atoms with van der Waals surface area (Å²) in [5, 5.41) is 6.82. The number of nitrogens with zero attached hydrogens (tertiary/aromatic N) is 1. The highest BCUT2D eigenvalue weighted by Gasteiger charge is 2.21. The van der Waals surface area contributed by atoms with Crippen molar-refractivity contribution in [2.45, 2.75) is 45.7 Å². The van der Waals surface area contributed by atoms with Crippen LogP contribution in [0.25, 0.3) is 0 Å². The molecule has 1 aliphatic carbocycles. The van der Waals surface area contributed by atoms with Crippen molar-refractivity contribution in [2.75, 3.05) is 11.9 Å². The van der Waals surface area contributed by atoms with E-state index in [1.165, 1.54) is 24.1 Å². The Kier molecular flexibility index (Phi) is 3.78. The van der Waals surface area contributed by atoms with Gasteiger partial charge in [0.25, 0.3) is 0 Å². The molecule has 0 saturated heterocycles. The van der Waals surface area contributed by atoms with E-state index < -0.39 is 0 Å². The van der Waals surface area contributed by atoms with E-state index in [-0.39, 0.29) is 0 Å². The largest absolute Gasteiger partial charge is 0.367 e. The second-order valence-electron chi connectivity index (χ2n) is 4.40. The number of rotatable bonds is 6. The zero-order valence-corrected chi connectivity index (χ0v) is 10.2. The van der Waals surface area contributed by atoms with Gasteiger partial charge >= 0.3 is 0 Å². The molecule has 1 aromatic rings. The van der Waals surface area contributed by atoms with E-state index in [1.807, 2.05) is 0 Å². The Bertz CT molecular complexity index is 345. The van der Waals surface area contributed by atoms with Crippen molar-refractivity contribution in [3.63, 3.8) is 0 Å². The summed E-state index contributed by atoms with van der Waals surface area (Å²) in [6, 6.07) is 5.03. The lowest BCUT2D eigenvalue weighted by Crippen LogP contribution is -2.13. The quantitative estimate of drug-likeness (QED) is 0.771. The highest BCUT2D eigenvalue weighted by atomic mass is 15.0. The van der Waals surface area contributed by atoms with Crippen LogP contribution < -0.4 is 10.6 Å². The van der Waals surface area contributed by atoms with Gasteiger partial charge in [0, 0.05) is 18.3 Å². The minimum atomic E-state index is 0.673. The highest BCUT2D eigenvalue weighted by Crippen LogP contribution is 2.24. The molecule has 0 radical (unpaired) electrons. The number of aryl methyl sites for hydroxylation is 1. The van der Waals surface area contributed by atoms with Gasteiger partial charge in [-0.15, -0.1) is 0 Å². The molecule has 0 aliphatic heterocycles. The van der Waals surface area contributed by atoms with Crippen LogP contribution in [0.4, 0.5) is 5.82 Å². The van der Waals surface area contributed by atoms with Gasteiger partial charge in [0.2, 0.25) is 0 Å². The monoisotopic (exact) mass is 219 g/mol. The minimum absolute atomic E-state index is 0.673. The lowest BCUT2D eigenvalue weighted by atomic mass is 10.2. The molecule has 0 atom stereocenters. The van der Waals surface area contributed by atoms with Crippen LogP contribution in [0.3, 0.4) is 0 Å². The van der Waals surface area contributed by atoms with Gasteiger partial charge in [0.15, 0.2) is 0 Å². The first-order valence-corrected chi connectivity index (χ1v) is 6.29. The van der Waals surface area contributed by atoms with Crippen molar-refractivity contribution in [3.05, 3.63) is 23.4 Å². The van der Waals surface area contributed by atoms with E-state index in [2.05, 4.69) is 41.6 Å². The fourth-order valence-electron chi connectivity index (χ4n) is 1.71. The molecule has 1 fully saturated rings. The van der Waals surface area contributed by atoms with Crippen molar-refractivity contribution < 1.29 is 0 Å². The van der Waals surface area contributed by atoms with Crippen molar-refractivity contribution >= 4 is 5.82 Å². The van der Waals surface area contributed by atoms with Crippen LogP contribution in [0.1, 0.15) is 37.9 Å². The second kappa shape index (κ2) is 5.30. The summed E-state index contributed by atoms with van der Waals surface area (Å²) in [5.41, 5.74) is 2.51. The molecule has 1 aliphatic rings. The Hall–Kier alpha value is -1.09. The van der Waals surface area contributed by atoms with Gasteiger partial charge in [0.05, 0.1) is 0 Å². The normalized spacial score (nSPS) is 15.1. The fraction of sp³-hybridized carbons (Fsp3) is 0.615. The molecule has 0 aromatic carbocycles. The van der Waals surface area contributed by atoms with Gasteiger partial charge in [-0.3, -0.25) is 0 Å². The summed E-state index contributed by atoms with van der Waals surface area (Å²) in [5.74, 6) is 1.05. The molecule has 16 heavy (non-hydrogen) atoms. The molecule has 1 aromatic heterocycles. The second-order valence-corrected chi connectivity index (χ2v) is 4.40. The summed E-state index contributed by atoms with van der Waals surface area (Å²) in [4.78, 5) is 4.60. The van der Waals surface area contributed by atoms with E-state index in [4.69, 9.17) is 0 Å². The van der Waals surface area contributed by atoms with Crippen LogP contribution in [0.5, 0.6) is 0 Å². The Labute approximate surface area is 97.7 Å². The standard InChI is InChI=1S/C13H21N3/c1-3-11-7-10(9-14-4-2)8-13(15-11)16-12-5-6-12/h7-8,12,14H,3-6,9H2,1-2H3,(H,15,16). The van der Waals surface area contributed by atoms with E-state index in [1.54, 1.807) is 0 Å². The van der Waals surface area contributed by atoms with Crippen molar-refractivity contribution in [1.29, 1.82) is 0 Å². The predicted octanol–water partition coefficient (Wildman–Crippen LogP) is 2.33. The summed E-state index contributed by atoms with van der Waals surface area (Å²) in [6.45, 7) is 6.23. The number of hydrogen-bond acceptors (Lipinski definition) is 3. The van der Waals surface area contributed by atoms with Crippen molar-refractivity contribution in [1.82, 2.24) is 10.3 Å². The molecule has 3 nitrogen and oxygen atoms in total. The maximum absolute atomic E-state index is 4.60. The Morgan fingerprint density at radius 2 is 2.12 bits per heavy atom. The van der Waals surface area contributed by atoms with Crippen LogP contribution in [-0.2, 0) is 13.0 Å². The predicted molar refractivity (Wildman–Crippen MR) is 67.6 cm³/mol.